The number of esters is 1. The molecule has 0 radical (unpaired) electrons. The molecule has 0 spiro atoms. The summed E-state index contributed by atoms with van der Waals surface area (Å²) in [5.41, 5.74) is 2.04. The van der Waals surface area contributed by atoms with E-state index in [4.69, 9.17) is 4.74 Å². The molecule has 1 amide bonds. The van der Waals surface area contributed by atoms with Crippen molar-refractivity contribution in [2.75, 3.05) is 6.61 Å². The molecule has 0 aliphatic carbocycles. The standard InChI is InChI=1S/C24H22N2O7/c1-15(28)33-21-11-7-16(8-12-21)18-3-2-4-19(13-18)24(30)25-22(14-27)23(29)17-5-9-20(10-6-17)26(31)32/h2-13,22-23,27,29H,14H2,1H3,(H,25,30)/t22-,23-/m1/s1. The average molecular weight is 450 g/mol. The van der Waals surface area contributed by atoms with Crippen molar-refractivity contribution in [3.63, 3.8) is 0 Å². The highest BCUT2D eigenvalue weighted by molar-refractivity contribution is 5.95. The summed E-state index contributed by atoms with van der Waals surface area (Å²) in [6.45, 7) is 0.773. The fraction of sp³-hybridized carbons (Fsp3) is 0.167. The zero-order valence-electron chi connectivity index (χ0n) is 17.7. The van der Waals surface area contributed by atoms with Crippen LogP contribution in [-0.2, 0) is 4.79 Å². The molecule has 0 bridgehead atoms. The first-order valence-electron chi connectivity index (χ1n) is 10.0. The second-order valence-corrected chi connectivity index (χ2v) is 7.25. The number of hydrogen-bond acceptors (Lipinski definition) is 7. The van der Waals surface area contributed by atoms with Gasteiger partial charge in [0.15, 0.2) is 0 Å². The number of carbonyl (C=O) groups excluding carboxylic acids is 2. The van der Waals surface area contributed by atoms with Crippen molar-refractivity contribution < 1.29 is 29.5 Å². The maximum absolute atomic E-state index is 12.8. The van der Waals surface area contributed by atoms with Gasteiger partial charge in [0, 0.05) is 24.6 Å². The van der Waals surface area contributed by atoms with Crippen molar-refractivity contribution in [3.05, 3.63) is 94.0 Å². The monoisotopic (exact) mass is 450 g/mol. The highest BCUT2D eigenvalue weighted by atomic mass is 16.6. The zero-order chi connectivity index (χ0) is 24.0. The van der Waals surface area contributed by atoms with Crippen LogP contribution in [0.3, 0.4) is 0 Å². The Morgan fingerprint density at radius 1 is 1.03 bits per heavy atom. The molecule has 0 saturated carbocycles. The summed E-state index contributed by atoms with van der Waals surface area (Å²) in [7, 11) is 0. The van der Waals surface area contributed by atoms with Crippen molar-refractivity contribution in [1.82, 2.24) is 5.32 Å². The minimum absolute atomic E-state index is 0.131. The molecule has 0 saturated heterocycles. The lowest BCUT2D eigenvalue weighted by Gasteiger charge is -2.22. The molecule has 0 unspecified atom stereocenters. The lowest BCUT2D eigenvalue weighted by atomic mass is 10.0. The van der Waals surface area contributed by atoms with Gasteiger partial charge in [-0.2, -0.15) is 0 Å². The summed E-state index contributed by atoms with van der Waals surface area (Å²) in [6, 6.07) is 17.8. The number of non-ortho nitro benzene ring substituents is 1. The number of rotatable bonds is 8. The molecule has 0 fully saturated rings. The number of benzene rings is 3. The third kappa shape index (κ3) is 6.00. The van der Waals surface area contributed by atoms with Gasteiger partial charge in [-0.25, -0.2) is 0 Å². The van der Waals surface area contributed by atoms with E-state index in [9.17, 15) is 29.9 Å². The SMILES string of the molecule is CC(=O)Oc1ccc(-c2cccc(C(=O)N[C@H](CO)[C@H](O)c3ccc([N+](=O)[O-])cc3)c2)cc1. The van der Waals surface area contributed by atoms with Crippen molar-refractivity contribution >= 4 is 17.6 Å². The topological polar surface area (TPSA) is 139 Å². The summed E-state index contributed by atoms with van der Waals surface area (Å²) >= 11 is 0. The number of nitro benzene ring substituents is 1. The molecule has 3 N–H and O–H groups in total. The van der Waals surface area contributed by atoms with Gasteiger partial charge in [-0.05, 0) is 53.1 Å². The summed E-state index contributed by atoms with van der Waals surface area (Å²) < 4.78 is 5.02. The molecule has 3 rings (SSSR count). The maximum Gasteiger partial charge on any atom is 0.308 e. The van der Waals surface area contributed by atoms with E-state index in [0.29, 0.717) is 16.9 Å². The third-order valence-corrected chi connectivity index (χ3v) is 4.91. The minimum atomic E-state index is -1.27. The Bertz CT molecular complexity index is 1140. The third-order valence-electron chi connectivity index (χ3n) is 4.91. The number of aliphatic hydroxyl groups excluding tert-OH is 2. The number of amides is 1. The van der Waals surface area contributed by atoms with Crippen LogP contribution in [-0.4, -0.2) is 39.7 Å². The molecule has 0 heterocycles. The van der Waals surface area contributed by atoms with Gasteiger partial charge in [0.2, 0.25) is 0 Å². The van der Waals surface area contributed by atoms with Crippen LogP contribution in [0.25, 0.3) is 11.1 Å². The van der Waals surface area contributed by atoms with Gasteiger partial charge < -0.3 is 20.3 Å². The van der Waals surface area contributed by atoms with Crippen molar-refractivity contribution in [1.29, 1.82) is 0 Å². The Kier molecular flexibility index (Phi) is 7.50. The largest absolute Gasteiger partial charge is 0.427 e. The lowest BCUT2D eigenvalue weighted by Crippen LogP contribution is -2.42. The summed E-state index contributed by atoms with van der Waals surface area (Å²) in [4.78, 5) is 34.1. The smallest absolute Gasteiger partial charge is 0.308 e. The quantitative estimate of drug-likeness (QED) is 0.207. The number of nitrogens with one attached hydrogen (secondary N) is 1. The van der Waals surface area contributed by atoms with Crippen molar-refractivity contribution in [2.24, 2.45) is 0 Å². The van der Waals surface area contributed by atoms with E-state index in [1.165, 1.54) is 31.2 Å². The summed E-state index contributed by atoms with van der Waals surface area (Å²) in [5, 5.41) is 33.6. The Hall–Kier alpha value is -4.08. The first-order chi connectivity index (χ1) is 15.8. The van der Waals surface area contributed by atoms with Crippen molar-refractivity contribution in [2.45, 2.75) is 19.1 Å². The second kappa shape index (κ2) is 10.5. The second-order valence-electron chi connectivity index (χ2n) is 7.25. The van der Waals surface area contributed by atoms with Gasteiger partial charge in [0.05, 0.1) is 17.6 Å². The van der Waals surface area contributed by atoms with Crippen LogP contribution in [0, 0.1) is 10.1 Å². The number of carbonyl (C=O) groups is 2. The van der Waals surface area contributed by atoms with Gasteiger partial charge in [-0.15, -0.1) is 0 Å². The molecular formula is C24H22N2O7. The van der Waals surface area contributed by atoms with Gasteiger partial charge in [0.1, 0.15) is 11.9 Å². The summed E-state index contributed by atoms with van der Waals surface area (Å²) in [6.07, 6.45) is -1.27. The number of nitro groups is 1. The number of nitrogens with zero attached hydrogens (tertiary/aromatic N) is 1. The molecule has 170 valence electrons. The van der Waals surface area contributed by atoms with E-state index in [1.54, 1.807) is 42.5 Å². The molecule has 0 aliphatic rings. The molecule has 0 aliphatic heterocycles. The predicted molar refractivity (Wildman–Crippen MR) is 120 cm³/mol. The molecule has 2 atom stereocenters. The first kappa shape index (κ1) is 23.6. The van der Waals surface area contributed by atoms with Gasteiger partial charge in [-0.1, -0.05) is 24.3 Å². The number of hydrogen-bond donors (Lipinski definition) is 3. The van der Waals surface area contributed by atoms with Crippen molar-refractivity contribution in [3.8, 4) is 16.9 Å². The number of aliphatic hydroxyl groups is 2. The highest BCUT2D eigenvalue weighted by Gasteiger charge is 2.23. The van der Waals surface area contributed by atoms with Crippen LogP contribution < -0.4 is 10.1 Å². The normalized spacial score (nSPS) is 12.5. The zero-order valence-corrected chi connectivity index (χ0v) is 17.7. The van der Waals surface area contributed by atoms with E-state index in [1.807, 2.05) is 6.07 Å². The lowest BCUT2D eigenvalue weighted by molar-refractivity contribution is -0.384. The Balaban J connectivity index is 1.73. The molecule has 33 heavy (non-hydrogen) atoms. The number of ether oxygens (including phenoxy) is 1. The van der Waals surface area contributed by atoms with Crippen LogP contribution in [0.5, 0.6) is 5.75 Å². The highest BCUT2D eigenvalue weighted by Crippen LogP contribution is 2.24. The van der Waals surface area contributed by atoms with E-state index in [2.05, 4.69) is 5.32 Å². The van der Waals surface area contributed by atoms with Crippen LogP contribution in [0.2, 0.25) is 0 Å². The molecule has 3 aromatic rings. The fourth-order valence-electron chi connectivity index (χ4n) is 3.22. The van der Waals surface area contributed by atoms with E-state index >= 15 is 0 Å². The Labute approximate surface area is 189 Å². The fourth-order valence-corrected chi connectivity index (χ4v) is 3.22. The van der Waals surface area contributed by atoms with E-state index in [-0.39, 0.29) is 5.69 Å². The summed E-state index contributed by atoms with van der Waals surface area (Å²) in [5.74, 6) is -0.518. The van der Waals surface area contributed by atoms with Gasteiger partial charge in [-0.3, -0.25) is 19.7 Å². The van der Waals surface area contributed by atoms with Gasteiger partial charge >= 0.3 is 5.97 Å². The van der Waals surface area contributed by atoms with E-state index in [0.717, 1.165) is 11.1 Å². The Morgan fingerprint density at radius 2 is 1.70 bits per heavy atom. The average Bonchev–Trinajstić information content (AvgIpc) is 2.82. The van der Waals surface area contributed by atoms with E-state index < -0.39 is 35.6 Å². The molecular weight excluding hydrogens is 428 g/mol. The first-order valence-corrected chi connectivity index (χ1v) is 10.0. The van der Waals surface area contributed by atoms with Crippen LogP contribution in [0.4, 0.5) is 5.69 Å². The van der Waals surface area contributed by atoms with Crippen LogP contribution in [0.15, 0.2) is 72.8 Å². The molecule has 9 heteroatoms. The molecule has 9 nitrogen and oxygen atoms in total. The van der Waals surface area contributed by atoms with Crippen LogP contribution >= 0.6 is 0 Å². The predicted octanol–water partition coefficient (Wildman–Crippen LogP) is 3.01. The molecule has 0 aromatic heterocycles. The van der Waals surface area contributed by atoms with Gasteiger partial charge in [0.25, 0.3) is 11.6 Å². The van der Waals surface area contributed by atoms with Crippen LogP contribution in [0.1, 0.15) is 28.9 Å². The minimum Gasteiger partial charge on any atom is -0.427 e. The molecule has 3 aromatic carbocycles. The maximum atomic E-state index is 12.8. The Morgan fingerprint density at radius 3 is 2.27 bits per heavy atom.